The molecule has 0 unspecified atom stereocenters. The van der Waals surface area contributed by atoms with Gasteiger partial charge in [0.05, 0.1) is 0 Å². The fourth-order valence-corrected chi connectivity index (χ4v) is 4.30. The zero-order valence-corrected chi connectivity index (χ0v) is 14.4. The van der Waals surface area contributed by atoms with Gasteiger partial charge in [-0.3, -0.25) is 0 Å². The second kappa shape index (κ2) is 6.10. The molecule has 116 valence electrons. The normalized spacial score (nSPS) is 10.9. The number of rotatable bonds is 3. The van der Waals surface area contributed by atoms with Gasteiger partial charge in [-0.1, -0.05) is 73.3 Å². The van der Waals surface area contributed by atoms with E-state index in [0.29, 0.717) is 0 Å². The first-order valence-electron chi connectivity index (χ1n) is 8.07. The Morgan fingerprint density at radius 3 is 2.33 bits per heavy atom. The second-order valence-electron chi connectivity index (χ2n) is 5.95. The summed E-state index contributed by atoms with van der Waals surface area (Å²) in [4.78, 5) is 1.33. The molecule has 0 aliphatic rings. The predicted octanol–water partition coefficient (Wildman–Crippen LogP) is 6.94. The summed E-state index contributed by atoms with van der Waals surface area (Å²) in [7, 11) is 0. The van der Waals surface area contributed by atoms with Crippen LogP contribution >= 0.6 is 11.3 Å². The van der Waals surface area contributed by atoms with E-state index in [1.54, 1.807) is 0 Å². The molecule has 0 N–H and O–H groups in total. The molecule has 0 fully saturated rings. The maximum atomic E-state index is 4.42. The van der Waals surface area contributed by atoms with Crippen molar-refractivity contribution in [2.24, 2.45) is 0 Å². The monoisotopic (exact) mass is 326 g/mol. The quantitative estimate of drug-likeness (QED) is 0.382. The fraction of sp³-hybridized carbons (Fsp3) is 0.0435. The molecule has 24 heavy (non-hydrogen) atoms. The number of fused-ring (bicyclic) bond motifs is 1. The molecule has 4 aromatic rings. The van der Waals surface area contributed by atoms with Gasteiger partial charge in [0.15, 0.2) is 0 Å². The number of hydrogen-bond acceptors (Lipinski definition) is 1. The Balaban J connectivity index is 1.81. The molecular weight excluding hydrogens is 308 g/mol. The lowest BCUT2D eigenvalue weighted by Crippen LogP contribution is -1.88. The molecule has 0 aliphatic carbocycles. The van der Waals surface area contributed by atoms with Crippen molar-refractivity contribution in [2.75, 3.05) is 0 Å². The Morgan fingerprint density at radius 2 is 1.50 bits per heavy atom. The number of hydrogen-bond donors (Lipinski definition) is 0. The minimum absolute atomic E-state index is 1.10. The van der Waals surface area contributed by atoms with E-state index in [4.69, 9.17) is 0 Å². The molecule has 0 radical (unpaired) electrons. The molecule has 0 aliphatic heterocycles. The smallest absolute Gasteiger partial charge is 0.0352 e. The van der Waals surface area contributed by atoms with Crippen LogP contribution in [0.1, 0.15) is 16.0 Å². The Kier molecular flexibility index (Phi) is 3.79. The fourth-order valence-electron chi connectivity index (χ4n) is 3.20. The molecule has 0 bridgehead atoms. The summed E-state index contributed by atoms with van der Waals surface area (Å²) in [6, 6.07) is 27.7. The van der Waals surface area contributed by atoms with E-state index < -0.39 is 0 Å². The van der Waals surface area contributed by atoms with Crippen molar-refractivity contribution in [1.82, 2.24) is 0 Å². The van der Waals surface area contributed by atoms with E-state index in [1.165, 1.54) is 37.2 Å². The van der Waals surface area contributed by atoms with E-state index in [2.05, 4.69) is 86.3 Å². The van der Waals surface area contributed by atoms with Gasteiger partial charge in [-0.25, -0.2) is 0 Å². The minimum Gasteiger partial charge on any atom is -0.140 e. The lowest BCUT2D eigenvalue weighted by molar-refractivity contribution is 1.53. The van der Waals surface area contributed by atoms with Gasteiger partial charge >= 0.3 is 0 Å². The van der Waals surface area contributed by atoms with Crippen molar-refractivity contribution in [3.63, 3.8) is 0 Å². The molecule has 1 heterocycles. The first kappa shape index (κ1) is 14.9. The van der Waals surface area contributed by atoms with Crippen LogP contribution < -0.4 is 0 Å². The van der Waals surface area contributed by atoms with Crippen LogP contribution in [-0.4, -0.2) is 0 Å². The van der Waals surface area contributed by atoms with E-state index in [0.717, 1.165) is 5.57 Å². The highest BCUT2D eigenvalue weighted by molar-refractivity contribution is 7.19. The van der Waals surface area contributed by atoms with Crippen molar-refractivity contribution < 1.29 is 0 Å². The van der Waals surface area contributed by atoms with Gasteiger partial charge in [0, 0.05) is 20.5 Å². The third-order valence-corrected chi connectivity index (χ3v) is 5.48. The van der Waals surface area contributed by atoms with Gasteiger partial charge in [0.25, 0.3) is 0 Å². The number of benzene rings is 3. The van der Waals surface area contributed by atoms with E-state index in [-0.39, 0.29) is 0 Å². The maximum Gasteiger partial charge on any atom is 0.0352 e. The summed E-state index contributed by atoms with van der Waals surface area (Å²) in [5.41, 5.74) is 6.03. The molecule has 0 nitrogen and oxygen atoms in total. The van der Waals surface area contributed by atoms with Crippen LogP contribution in [-0.2, 0) is 0 Å². The summed E-state index contributed by atoms with van der Waals surface area (Å²) in [6.45, 7) is 6.61. The number of thiophene rings is 1. The lowest BCUT2D eigenvalue weighted by Gasteiger charge is -2.10. The van der Waals surface area contributed by atoms with Crippen LogP contribution in [0.15, 0.2) is 85.4 Å². The van der Waals surface area contributed by atoms with Gasteiger partial charge in [0.1, 0.15) is 0 Å². The van der Waals surface area contributed by atoms with Crippen molar-refractivity contribution in [1.29, 1.82) is 0 Å². The predicted molar refractivity (Wildman–Crippen MR) is 107 cm³/mol. The summed E-state index contributed by atoms with van der Waals surface area (Å²) in [5.74, 6) is 0. The highest BCUT2D eigenvalue weighted by Crippen LogP contribution is 2.38. The van der Waals surface area contributed by atoms with Crippen LogP contribution in [0.5, 0.6) is 0 Å². The average molecular weight is 326 g/mol. The van der Waals surface area contributed by atoms with Gasteiger partial charge < -0.3 is 0 Å². The third-order valence-electron chi connectivity index (χ3n) is 4.39. The van der Waals surface area contributed by atoms with Crippen LogP contribution in [0.4, 0.5) is 0 Å². The Bertz CT molecular complexity index is 1020. The Hall–Kier alpha value is -2.64. The van der Waals surface area contributed by atoms with Gasteiger partial charge in [0.2, 0.25) is 0 Å². The standard InChI is InChI=1S/C23H18S/c1-16(23-17(2)24-22-14-7-6-13-21(22)23)19-11-8-12-20(15-19)18-9-4-3-5-10-18/h3-15H,1H2,2H3. The van der Waals surface area contributed by atoms with E-state index in [1.807, 2.05) is 17.4 Å². The lowest BCUT2D eigenvalue weighted by atomic mass is 9.94. The first-order valence-corrected chi connectivity index (χ1v) is 8.89. The van der Waals surface area contributed by atoms with Gasteiger partial charge in [-0.15, -0.1) is 11.3 Å². The summed E-state index contributed by atoms with van der Waals surface area (Å²) in [6.07, 6.45) is 0. The van der Waals surface area contributed by atoms with Crippen molar-refractivity contribution >= 4 is 27.0 Å². The highest BCUT2D eigenvalue weighted by Gasteiger charge is 2.13. The zero-order chi connectivity index (χ0) is 16.5. The molecule has 0 saturated heterocycles. The molecule has 0 atom stereocenters. The molecule has 1 aromatic heterocycles. The van der Waals surface area contributed by atoms with Gasteiger partial charge in [-0.05, 0) is 41.3 Å². The van der Waals surface area contributed by atoms with Crippen molar-refractivity contribution in [2.45, 2.75) is 6.92 Å². The Labute approximate surface area is 146 Å². The van der Waals surface area contributed by atoms with Crippen molar-refractivity contribution in [3.05, 3.63) is 101 Å². The zero-order valence-electron chi connectivity index (χ0n) is 13.6. The van der Waals surface area contributed by atoms with Crippen LogP contribution in [0.3, 0.4) is 0 Å². The average Bonchev–Trinajstić information content (AvgIpc) is 2.97. The molecule has 0 saturated carbocycles. The third kappa shape index (κ3) is 2.57. The molecular formula is C23H18S. The first-order chi connectivity index (χ1) is 11.7. The Morgan fingerprint density at radius 1 is 0.792 bits per heavy atom. The second-order valence-corrected chi connectivity index (χ2v) is 7.21. The molecule has 3 aromatic carbocycles. The molecule has 4 rings (SSSR count). The molecule has 0 amide bonds. The molecule has 1 heteroatoms. The minimum atomic E-state index is 1.10. The van der Waals surface area contributed by atoms with Crippen LogP contribution in [0.2, 0.25) is 0 Å². The SMILES string of the molecule is C=C(c1cccc(-c2ccccc2)c1)c1c(C)sc2ccccc12. The largest absolute Gasteiger partial charge is 0.140 e. The van der Waals surface area contributed by atoms with Crippen molar-refractivity contribution in [3.8, 4) is 11.1 Å². The highest BCUT2D eigenvalue weighted by atomic mass is 32.1. The van der Waals surface area contributed by atoms with E-state index in [9.17, 15) is 0 Å². The summed E-state index contributed by atoms with van der Waals surface area (Å²) >= 11 is 1.84. The molecule has 0 spiro atoms. The van der Waals surface area contributed by atoms with Crippen LogP contribution in [0.25, 0.3) is 26.8 Å². The number of aryl methyl sites for hydroxylation is 1. The summed E-state index contributed by atoms with van der Waals surface area (Å²) in [5, 5.41) is 1.30. The maximum absolute atomic E-state index is 4.42. The summed E-state index contributed by atoms with van der Waals surface area (Å²) < 4.78 is 1.32. The van der Waals surface area contributed by atoms with Crippen LogP contribution in [0, 0.1) is 6.92 Å². The topological polar surface area (TPSA) is 0 Å². The van der Waals surface area contributed by atoms with E-state index >= 15 is 0 Å². The van der Waals surface area contributed by atoms with Gasteiger partial charge in [-0.2, -0.15) is 0 Å².